The maximum absolute atomic E-state index is 12.2. The molecule has 0 fully saturated rings. The summed E-state index contributed by atoms with van der Waals surface area (Å²) in [6.07, 6.45) is 0. The van der Waals surface area contributed by atoms with Crippen LogP contribution >= 0.6 is 11.6 Å². The van der Waals surface area contributed by atoms with E-state index in [2.05, 4.69) is 4.99 Å². The normalized spacial score (nSPS) is 11.1. The number of benzene rings is 2. The molecule has 6 heteroatoms. The molecule has 21 heavy (non-hydrogen) atoms. The minimum absolute atomic E-state index is 0.192. The zero-order chi connectivity index (χ0) is 15.2. The molecule has 0 aromatic heterocycles. The van der Waals surface area contributed by atoms with Gasteiger partial charge in [-0.1, -0.05) is 41.9 Å². The number of ketones is 1. The molecule has 0 amide bonds. The molecule has 2 rings (SSSR count). The minimum atomic E-state index is -0.426. The molecule has 0 aliphatic rings. The van der Waals surface area contributed by atoms with Gasteiger partial charge in [-0.3, -0.25) is 10.0 Å². The average Bonchev–Trinajstić information content (AvgIpc) is 2.53. The second-order valence-corrected chi connectivity index (χ2v) is 4.49. The van der Waals surface area contributed by atoms with E-state index in [-0.39, 0.29) is 5.84 Å². The van der Waals surface area contributed by atoms with Gasteiger partial charge < -0.3 is 4.74 Å². The van der Waals surface area contributed by atoms with Gasteiger partial charge in [0.1, 0.15) is 5.75 Å². The van der Waals surface area contributed by atoms with Crippen LogP contribution in [0.4, 0.5) is 5.69 Å². The quantitative estimate of drug-likeness (QED) is 0.394. The Bertz CT molecular complexity index is 672. The van der Waals surface area contributed by atoms with Gasteiger partial charge in [0, 0.05) is 5.56 Å². The van der Waals surface area contributed by atoms with Crippen molar-refractivity contribution in [2.75, 3.05) is 7.11 Å². The van der Waals surface area contributed by atoms with E-state index in [1.807, 2.05) is 5.48 Å². The van der Waals surface area contributed by atoms with Crippen LogP contribution in [0, 0.1) is 0 Å². The van der Waals surface area contributed by atoms with Crippen molar-refractivity contribution >= 4 is 28.9 Å². The highest BCUT2D eigenvalue weighted by atomic mass is 35.5. The lowest BCUT2D eigenvalue weighted by molar-refractivity contribution is 0.104. The summed E-state index contributed by atoms with van der Waals surface area (Å²) in [5.41, 5.74) is 2.66. The smallest absolute Gasteiger partial charge is 0.230 e. The van der Waals surface area contributed by atoms with Crippen LogP contribution in [0.5, 0.6) is 5.75 Å². The lowest BCUT2D eigenvalue weighted by Crippen LogP contribution is -2.28. The number of hydrogen-bond acceptors (Lipinski definition) is 4. The first-order valence-electron chi connectivity index (χ1n) is 6.08. The molecule has 2 aromatic carbocycles. The minimum Gasteiger partial charge on any atom is -0.495 e. The molecule has 0 heterocycles. The van der Waals surface area contributed by atoms with Gasteiger partial charge in [0.15, 0.2) is 5.84 Å². The van der Waals surface area contributed by atoms with E-state index in [0.29, 0.717) is 22.0 Å². The number of ether oxygens (including phenoxy) is 1. The number of nitrogens with one attached hydrogen (secondary N) is 1. The maximum Gasteiger partial charge on any atom is 0.230 e. The summed E-state index contributed by atoms with van der Waals surface area (Å²) < 4.78 is 5.04. The van der Waals surface area contributed by atoms with Crippen LogP contribution in [-0.2, 0) is 0 Å². The molecule has 0 radical (unpaired) electrons. The molecule has 0 spiro atoms. The van der Waals surface area contributed by atoms with Gasteiger partial charge in [0.05, 0.1) is 17.8 Å². The SMILES string of the molecule is COc1ccc(N=C(NO)C(=O)c2ccccc2)cc1Cl. The van der Waals surface area contributed by atoms with Crippen molar-refractivity contribution in [1.82, 2.24) is 5.48 Å². The van der Waals surface area contributed by atoms with Gasteiger partial charge >= 0.3 is 0 Å². The maximum atomic E-state index is 12.2. The van der Waals surface area contributed by atoms with Crippen LogP contribution in [-0.4, -0.2) is 23.9 Å². The third kappa shape index (κ3) is 3.59. The third-order valence-corrected chi connectivity index (χ3v) is 3.03. The lowest BCUT2D eigenvalue weighted by Gasteiger charge is -2.06. The molecule has 0 aliphatic heterocycles. The number of Topliss-reactive ketones (excluding diaryl/α,β-unsaturated/α-hetero) is 1. The first-order chi connectivity index (χ1) is 10.2. The van der Waals surface area contributed by atoms with E-state index in [1.165, 1.54) is 13.2 Å². The molecular formula is C15H13ClN2O3. The fraction of sp³-hybridized carbons (Fsp3) is 0.0667. The number of rotatable bonds is 4. The van der Waals surface area contributed by atoms with E-state index < -0.39 is 5.78 Å². The van der Waals surface area contributed by atoms with Crippen molar-refractivity contribution in [2.24, 2.45) is 4.99 Å². The van der Waals surface area contributed by atoms with Crippen LogP contribution in [0.15, 0.2) is 53.5 Å². The second-order valence-electron chi connectivity index (χ2n) is 4.09. The molecule has 0 unspecified atom stereocenters. The zero-order valence-electron chi connectivity index (χ0n) is 11.2. The van der Waals surface area contributed by atoms with Crippen LogP contribution in [0.1, 0.15) is 10.4 Å². The Morgan fingerprint density at radius 3 is 2.52 bits per heavy atom. The first kappa shape index (κ1) is 15.0. The Kier molecular flexibility index (Phi) is 4.92. The third-order valence-electron chi connectivity index (χ3n) is 2.73. The topological polar surface area (TPSA) is 70.9 Å². The Morgan fingerprint density at radius 1 is 1.24 bits per heavy atom. The molecule has 5 nitrogen and oxygen atoms in total. The monoisotopic (exact) mass is 304 g/mol. The number of amidine groups is 1. The van der Waals surface area contributed by atoms with Crippen molar-refractivity contribution in [3.63, 3.8) is 0 Å². The van der Waals surface area contributed by atoms with Gasteiger partial charge in [-0.25, -0.2) is 10.5 Å². The Labute approximate surface area is 126 Å². The number of aliphatic imine (C=N–C) groups is 1. The standard InChI is InChI=1S/C15H13ClN2O3/c1-21-13-8-7-11(9-12(13)16)17-15(18-20)14(19)10-5-3-2-4-6-10/h2-9,20H,1H3,(H,17,18). The molecular weight excluding hydrogens is 292 g/mol. The summed E-state index contributed by atoms with van der Waals surface area (Å²) in [6, 6.07) is 13.3. The van der Waals surface area contributed by atoms with Crippen molar-refractivity contribution in [3.05, 3.63) is 59.1 Å². The lowest BCUT2D eigenvalue weighted by atomic mass is 10.1. The molecule has 0 bridgehead atoms. The summed E-state index contributed by atoms with van der Waals surface area (Å²) in [6.45, 7) is 0. The zero-order valence-corrected chi connectivity index (χ0v) is 12.0. The van der Waals surface area contributed by atoms with Gasteiger partial charge in [0.25, 0.3) is 0 Å². The fourth-order valence-corrected chi connectivity index (χ4v) is 1.96. The highest BCUT2D eigenvalue weighted by Gasteiger charge is 2.13. The highest BCUT2D eigenvalue weighted by molar-refractivity contribution is 6.45. The highest BCUT2D eigenvalue weighted by Crippen LogP contribution is 2.28. The molecule has 0 atom stereocenters. The van der Waals surface area contributed by atoms with E-state index in [9.17, 15) is 4.79 Å². The first-order valence-corrected chi connectivity index (χ1v) is 6.45. The number of hydroxylamine groups is 1. The van der Waals surface area contributed by atoms with Crippen molar-refractivity contribution in [3.8, 4) is 5.75 Å². The number of nitrogens with zero attached hydrogens (tertiary/aromatic N) is 1. The largest absolute Gasteiger partial charge is 0.495 e. The Hall–Kier alpha value is -2.37. The van der Waals surface area contributed by atoms with E-state index in [0.717, 1.165) is 0 Å². The Morgan fingerprint density at radius 2 is 1.95 bits per heavy atom. The van der Waals surface area contributed by atoms with Gasteiger partial charge in [-0.2, -0.15) is 0 Å². The summed E-state index contributed by atoms with van der Waals surface area (Å²) in [5.74, 6) is -0.115. The van der Waals surface area contributed by atoms with Crippen LogP contribution in [0.3, 0.4) is 0 Å². The number of methoxy groups -OCH3 is 1. The molecule has 0 saturated heterocycles. The second kappa shape index (κ2) is 6.88. The summed E-state index contributed by atoms with van der Waals surface area (Å²) in [5, 5.41) is 9.49. The predicted molar refractivity (Wildman–Crippen MR) is 80.8 cm³/mol. The van der Waals surface area contributed by atoms with Gasteiger partial charge in [-0.05, 0) is 18.2 Å². The molecule has 0 aliphatic carbocycles. The number of carbonyl (C=O) groups excluding carboxylic acids is 1. The fourth-order valence-electron chi connectivity index (χ4n) is 1.71. The summed E-state index contributed by atoms with van der Waals surface area (Å²) >= 11 is 5.99. The molecule has 2 aromatic rings. The summed E-state index contributed by atoms with van der Waals surface area (Å²) in [4.78, 5) is 16.2. The molecule has 0 saturated carbocycles. The summed E-state index contributed by atoms with van der Waals surface area (Å²) in [7, 11) is 1.50. The van der Waals surface area contributed by atoms with E-state index in [4.69, 9.17) is 21.5 Å². The molecule has 2 N–H and O–H groups in total. The van der Waals surface area contributed by atoms with Gasteiger partial charge in [-0.15, -0.1) is 0 Å². The van der Waals surface area contributed by atoms with Crippen molar-refractivity contribution in [1.29, 1.82) is 0 Å². The van der Waals surface area contributed by atoms with Gasteiger partial charge in [0.2, 0.25) is 5.78 Å². The van der Waals surface area contributed by atoms with Crippen molar-refractivity contribution in [2.45, 2.75) is 0 Å². The number of halogens is 1. The molecule has 108 valence electrons. The van der Waals surface area contributed by atoms with E-state index in [1.54, 1.807) is 42.5 Å². The number of hydrogen-bond donors (Lipinski definition) is 2. The average molecular weight is 305 g/mol. The predicted octanol–water partition coefficient (Wildman–Crippen LogP) is 3.24. The van der Waals surface area contributed by atoms with Crippen molar-refractivity contribution < 1.29 is 14.7 Å². The van der Waals surface area contributed by atoms with Crippen LogP contribution < -0.4 is 10.2 Å². The number of carbonyl (C=O) groups is 1. The van der Waals surface area contributed by atoms with E-state index >= 15 is 0 Å². The Balaban J connectivity index is 2.32. The van der Waals surface area contributed by atoms with Crippen LogP contribution in [0.25, 0.3) is 0 Å². The van der Waals surface area contributed by atoms with Crippen LogP contribution in [0.2, 0.25) is 5.02 Å².